The Kier molecular flexibility index (Phi) is 4.25. The van der Waals surface area contributed by atoms with Crippen molar-refractivity contribution in [2.45, 2.75) is 19.9 Å². The van der Waals surface area contributed by atoms with Crippen LogP contribution in [0.25, 0.3) is 16.6 Å². The van der Waals surface area contributed by atoms with Crippen LogP contribution < -0.4 is 10.6 Å². The summed E-state index contributed by atoms with van der Waals surface area (Å²) in [5.41, 5.74) is 9.03. The molecule has 2 aromatic rings. The van der Waals surface area contributed by atoms with E-state index in [4.69, 9.17) is 20.9 Å². The Morgan fingerprint density at radius 1 is 1.52 bits per heavy atom. The first-order valence-electron chi connectivity index (χ1n) is 7.69. The van der Waals surface area contributed by atoms with Gasteiger partial charge in [0.15, 0.2) is 0 Å². The van der Waals surface area contributed by atoms with E-state index < -0.39 is 0 Å². The number of hydrogen-bond acceptors (Lipinski definition) is 6. The molecule has 3 rings (SSSR count). The number of nitrogens with two attached hydrogens (primary N) is 1. The molecule has 1 fully saturated rings. The van der Waals surface area contributed by atoms with Gasteiger partial charge in [-0.3, -0.25) is 4.98 Å². The summed E-state index contributed by atoms with van der Waals surface area (Å²) in [7, 11) is 0. The molecule has 3 N–H and O–H groups in total. The Bertz CT molecular complexity index is 771. The molecule has 23 heavy (non-hydrogen) atoms. The van der Waals surface area contributed by atoms with Crippen molar-refractivity contribution in [3.8, 4) is 0 Å². The first kappa shape index (κ1) is 15.4. The van der Waals surface area contributed by atoms with Gasteiger partial charge in [0.2, 0.25) is 0 Å². The number of ether oxygens (including phenoxy) is 1. The number of rotatable bonds is 3. The van der Waals surface area contributed by atoms with E-state index >= 15 is 0 Å². The van der Waals surface area contributed by atoms with Crippen LogP contribution in [0.4, 0.5) is 5.82 Å². The number of morpholine rings is 1. The fourth-order valence-electron chi connectivity index (χ4n) is 2.90. The van der Waals surface area contributed by atoms with E-state index in [1.54, 1.807) is 6.20 Å². The summed E-state index contributed by atoms with van der Waals surface area (Å²) in [4.78, 5) is 11.4. The van der Waals surface area contributed by atoms with Crippen molar-refractivity contribution in [1.29, 1.82) is 5.41 Å². The van der Waals surface area contributed by atoms with Crippen LogP contribution in [0, 0.1) is 12.3 Å². The van der Waals surface area contributed by atoms with Gasteiger partial charge in [-0.2, -0.15) is 0 Å². The summed E-state index contributed by atoms with van der Waals surface area (Å²) in [5.74, 6) is 0.919. The third kappa shape index (κ3) is 2.90. The van der Waals surface area contributed by atoms with Crippen molar-refractivity contribution in [2.75, 3.05) is 24.7 Å². The van der Waals surface area contributed by atoms with Gasteiger partial charge in [0, 0.05) is 24.3 Å². The number of fused-ring (bicyclic) bond motifs is 1. The largest absolute Gasteiger partial charge is 0.397 e. The smallest absolute Gasteiger partial charge is 0.130 e. The quantitative estimate of drug-likeness (QED) is 0.848. The highest BCUT2D eigenvalue weighted by molar-refractivity contribution is 5.94. The summed E-state index contributed by atoms with van der Waals surface area (Å²) >= 11 is 0. The molecule has 0 aliphatic carbocycles. The average molecular weight is 311 g/mol. The Morgan fingerprint density at radius 3 is 3.09 bits per heavy atom. The van der Waals surface area contributed by atoms with E-state index in [1.165, 1.54) is 6.08 Å². The maximum atomic E-state index is 7.21. The zero-order valence-electron chi connectivity index (χ0n) is 13.4. The number of allylic oxidation sites excluding steroid dienone is 1. The van der Waals surface area contributed by atoms with Crippen molar-refractivity contribution in [2.24, 2.45) is 5.73 Å². The molecule has 0 spiro atoms. The van der Waals surface area contributed by atoms with Gasteiger partial charge in [-0.1, -0.05) is 0 Å². The second-order valence-electron chi connectivity index (χ2n) is 5.76. The van der Waals surface area contributed by atoms with Crippen LogP contribution in [0.3, 0.4) is 0 Å². The summed E-state index contributed by atoms with van der Waals surface area (Å²) < 4.78 is 5.51. The van der Waals surface area contributed by atoms with Crippen LogP contribution in [0.2, 0.25) is 0 Å². The standard InChI is InChI=1S/C17H21N5O/c1-11-9-15(22-7-8-23-10-12(22)2)21-16-13(11)4-6-20-17(16)14(19)3-5-18/h3-6,9,12,18H,7-8,10,19H2,1-2H3/t12-/m1/s1. The molecule has 120 valence electrons. The molecule has 6 nitrogen and oxygen atoms in total. The van der Waals surface area contributed by atoms with Gasteiger partial charge in [0.05, 0.1) is 25.0 Å². The molecular formula is C17H21N5O. The number of anilines is 1. The van der Waals surface area contributed by atoms with Crippen LogP contribution in [-0.4, -0.2) is 42.0 Å². The fraction of sp³-hybridized carbons (Fsp3) is 0.353. The average Bonchev–Trinajstić information content (AvgIpc) is 2.55. The minimum Gasteiger partial charge on any atom is -0.397 e. The van der Waals surface area contributed by atoms with Gasteiger partial charge in [-0.15, -0.1) is 0 Å². The van der Waals surface area contributed by atoms with E-state index in [2.05, 4.69) is 29.8 Å². The molecule has 1 aliphatic heterocycles. The van der Waals surface area contributed by atoms with Gasteiger partial charge in [0.1, 0.15) is 17.0 Å². The van der Waals surface area contributed by atoms with Crippen molar-refractivity contribution < 1.29 is 4.74 Å². The first-order chi connectivity index (χ1) is 11.1. The molecule has 6 heteroatoms. The summed E-state index contributed by atoms with van der Waals surface area (Å²) in [5, 5.41) is 8.24. The Hall–Kier alpha value is -2.47. The third-order valence-corrected chi connectivity index (χ3v) is 4.12. The highest BCUT2D eigenvalue weighted by Crippen LogP contribution is 2.27. The van der Waals surface area contributed by atoms with Crippen molar-refractivity contribution in [3.63, 3.8) is 0 Å². The van der Waals surface area contributed by atoms with Crippen molar-refractivity contribution in [1.82, 2.24) is 9.97 Å². The summed E-state index contributed by atoms with van der Waals surface area (Å²) in [6, 6.07) is 4.33. The Balaban J connectivity index is 2.17. The van der Waals surface area contributed by atoms with Crippen LogP contribution >= 0.6 is 0 Å². The van der Waals surface area contributed by atoms with Crippen LogP contribution in [0.15, 0.2) is 24.4 Å². The highest BCUT2D eigenvalue weighted by Gasteiger charge is 2.21. The lowest BCUT2D eigenvalue weighted by molar-refractivity contribution is 0.0985. The molecule has 0 radical (unpaired) electrons. The minimum atomic E-state index is 0.280. The lowest BCUT2D eigenvalue weighted by Gasteiger charge is -2.34. The number of nitrogens with one attached hydrogen (secondary N) is 1. The molecular weight excluding hydrogens is 290 g/mol. The van der Waals surface area contributed by atoms with E-state index in [-0.39, 0.29) is 6.04 Å². The van der Waals surface area contributed by atoms with Gasteiger partial charge < -0.3 is 20.8 Å². The molecule has 0 unspecified atom stereocenters. The highest BCUT2D eigenvalue weighted by atomic mass is 16.5. The summed E-state index contributed by atoms with van der Waals surface area (Å²) in [6.07, 6.45) is 4.42. The predicted octanol–water partition coefficient (Wildman–Crippen LogP) is 2.11. The topological polar surface area (TPSA) is 88.1 Å². The van der Waals surface area contributed by atoms with Crippen molar-refractivity contribution in [3.05, 3.63) is 35.7 Å². The van der Waals surface area contributed by atoms with Gasteiger partial charge in [-0.05, 0) is 37.6 Å². The first-order valence-corrected chi connectivity index (χ1v) is 7.69. The van der Waals surface area contributed by atoms with Gasteiger partial charge >= 0.3 is 0 Å². The Labute approximate surface area is 135 Å². The molecule has 1 aliphatic rings. The van der Waals surface area contributed by atoms with E-state index in [0.717, 1.165) is 35.0 Å². The predicted molar refractivity (Wildman–Crippen MR) is 92.9 cm³/mol. The third-order valence-electron chi connectivity index (χ3n) is 4.12. The molecule has 0 aromatic carbocycles. The van der Waals surface area contributed by atoms with Crippen LogP contribution in [0.5, 0.6) is 0 Å². The number of hydrogen-bond donors (Lipinski definition) is 2. The molecule has 3 heterocycles. The molecule has 1 saturated heterocycles. The zero-order chi connectivity index (χ0) is 16.4. The molecule has 2 aromatic heterocycles. The number of pyridine rings is 2. The molecule has 0 amide bonds. The molecule has 0 bridgehead atoms. The van der Waals surface area contributed by atoms with E-state index in [0.29, 0.717) is 24.6 Å². The van der Waals surface area contributed by atoms with Crippen molar-refractivity contribution >= 4 is 28.6 Å². The molecule has 0 saturated carbocycles. The monoisotopic (exact) mass is 311 g/mol. The van der Waals surface area contributed by atoms with Crippen LogP contribution in [0.1, 0.15) is 18.2 Å². The second-order valence-corrected chi connectivity index (χ2v) is 5.76. The van der Waals surface area contributed by atoms with Crippen LogP contribution in [-0.2, 0) is 4.74 Å². The van der Waals surface area contributed by atoms with E-state index in [1.807, 2.05) is 6.07 Å². The number of aryl methyl sites for hydroxylation is 1. The number of nitrogens with zero attached hydrogens (tertiary/aromatic N) is 3. The SMILES string of the molecule is Cc1cc(N2CCOC[C@H]2C)nc2c(C(N)=CC=N)nccc12. The maximum absolute atomic E-state index is 7.21. The lowest BCUT2D eigenvalue weighted by Crippen LogP contribution is -2.44. The lowest BCUT2D eigenvalue weighted by atomic mass is 10.1. The second kappa shape index (κ2) is 6.34. The normalized spacial score (nSPS) is 19.1. The van der Waals surface area contributed by atoms with Gasteiger partial charge in [-0.25, -0.2) is 4.98 Å². The number of aromatic nitrogens is 2. The van der Waals surface area contributed by atoms with Gasteiger partial charge in [0.25, 0.3) is 0 Å². The molecule has 1 atom stereocenters. The minimum absolute atomic E-state index is 0.280. The maximum Gasteiger partial charge on any atom is 0.130 e. The Morgan fingerprint density at radius 2 is 2.35 bits per heavy atom. The summed E-state index contributed by atoms with van der Waals surface area (Å²) in [6.45, 7) is 6.43. The van der Waals surface area contributed by atoms with E-state index in [9.17, 15) is 0 Å². The zero-order valence-corrected chi connectivity index (χ0v) is 13.4. The fourth-order valence-corrected chi connectivity index (χ4v) is 2.90.